The van der Waals surface area contributed by atoms with Gasteiger partial charge in [-0.25, -0.2) is 0 Å². The number of hydrogen-bond donors (Lipinski definition) is 0. The molecule has 1 aliphatic rings. The number of fused-ring (bicyclic) bond motifs is 1. The Balaban J connectivity index is 0.00000151. The van der Waals surface area contributed by atoms with Gasteiger partial charge in [0.1, 0.15) is 25.8 Å². The first kappa shape index (κ1) is 21.1. The van der Waals surface area contributed by atoms with E-state index in [1.54, 1.807) is 6.92 Å². The van der Waals surface area contributed by atoms with Gasteiger partial charge >= 0.3 is 0 Å². The molecule has 1 heterocycles. The fraction of sp³-hybridized carbons (Fsp3) is 0.556. The van der Waals surface area contributed by atoms with E-state index in [1.165, 1.54) is 0 Å². The highest BCUT2D eigenvalue weighted by molar-refractivity contribution is 5.78. The highest BCUT2D eigenvalue weighted by Gasteiger charge is 2.09. The van der Waals surface area contributed by atoms with Crippen LogP contribution in [0.5, 0.6) is 11.5 Å². The van der Waals surface area contributed by atoms with Crippen molar-refractivity contribution in [1.82, 2.24) is 0 Å². The highest BCUT2D eigenvalue weighted by atomic mass is 16.6. The number of Topliss-reactive ketones (excluding diaryl/α,β-unsaturated/α-hetero) is 1. The summed E-state index contributed by atoms with van der Waals surface area (Å²) < 4.78 is 27.7. The van der Waals surface area contributed by atoms with Crippen LogP contribution >= 0.6 is 0 Å². The first-order chi connectivity index (χ1) is 12.3. The predicted octanol–water partition coefficient (Wildman–Crippen LogP) is 1.45. The van der Waals surface area contributed by atoms with Crippen LogP contribution in [0, 0.1) is 0 Å². The van der Waals surface area contributed by atoms with Crippen LogP contribution in [0.25, 0.3) is 0 Å². The number of carbonyl (C=O) groups is 2. The summed E-state index contributed by atoms with van der Waals surface area (Å²) in [6.07, 6.45) is 0.383. The topological polar surface area (TPSA) is 80.3 Å². The SMILES string of the molecule is C=O.CC(=O)Cc1ccc2c(c1)OCCOCCOCCOCCO2. The van der Waals surface area contributed by atoms with Gasteiger partial charge in [-0.15, -0.1) is 0 Å². The molecule has 0 amide bonds. The quantitative estimate of drug-likeness (QED) is 0.795. The average Bonchev–Trinajstić information content (AvgIpc) is 2.62. The van der Waals surface area contributed by atoms with Gasteiger partial charge in [0.15, 0.2) is 11.5 Å². The van der Waals surface area contributed by atoms with Crippen LogP contribution in [0.2, 0.25) is 0 Å². The minimum absolute atomic E-state index is 0.111. The lowest BCUT2D eigenvalue weighted by Gasteiger charge is -2.14. The summed E-state index contributed by atoms with van der Waals surface area (Å²) in [5, 5.41) is 0. The molecule has 25 heavy (non-hydrogen) atoms. The van der Waals surface area contributed by atoms with Gasteiger partial charge in [0.05, 0.1) is 39.6 Å². The van der Waals surface area contributed by atoms with Gasteiger partial charge in [-0.3, -0.25) is 4.79 Å². The number of hydrogen-bond acceptors (Lipinski definition) is 7. The molecule has 0 bridgehead atoms. The Morgan fingerprint density at radius 2 is 1.32 bits per heavy atom. The summed E-state index contributed by atoms with van der Waals surface area (Å²) >= 11 is 0. The lowest BCUT2D eigenvalue weighted by molar-refractivity contribution is -0.116. The van der Waals surface area contributed by atoms with Crippen molar-refractivity contribution in [2.45, 2.75) is 13.3 Å². The van der Waals surface area contributed by atoms with Crippen LogP contribution in [0.15, 0.2) is 18.2 Å². The number of benzene rings is 1. The van der Waals surface area contributed by atoms with Gasteiger partial charge in [-0.05, 0) is 24.6 Å². The Kier molecular flexibility index (Phi) is 11.3. The molecule has 0 aliphatic carbocycles. The summed E-state index contributed by atoms with van der Waals surface area (Å²) in [4.78, 5) is 19.3. The first-order valence-electron chi connectivity index (χ1n) is 8.16. The van der Waals surface area contributed by atoms with Crippen molar-refractivity contribution in [3.05, 3.63) is 23.8 Å². The molecule has 7 heteroatoms. The maximum absolute atomic E-state index is 11.3. The molecule has 0 saturated heterocycles. The zero-order valence-electron chi connectivity index (χ0n) is 14.7. The number of rotatable bonds is 2. The molecule has 0 saturated carbocycles. The van der Waals surface area contributed by atoms with E-state index in [2.05, 4.69) is 0 Å². The summed E-state index contributed by atoms with van der Waals surface area (Å²) in [5.74, 6) is 1.38. The molecule has 0 fully saturated rings. The van der Waals surface area contributed by atoms with Crippen molar-refractivity contribution in [3.8, 4) is 11.5 Å². The molecule has 2 rings (SSSR count). The van der Waals surface area contributed by atoms with Gasteiger partial charge in [0, 0.05) is 6.42 Å². The third-order valence-electron chi connectivity index (χ3n) is 3.18. The van der Waals surface area contributed by atoms with Crippen LogP contribution in [0.1, 0.15) is 12.5 Å². The van der Waals surface area contributed by atoms with E-state index in [0.29, 0.717) is 70.8 Å². The fourth-order valence-electron chi connectivity index (χ4n) is 2.14. The van der Waals surface area contributed by atoms with Crippen LogP contribution < -0.4 is 9.47 Å². The fourth-order valence-corrected chi connectivity index (χ4v) is 2.14. The Morgan fingerprint density at radius 3 is 1.84 bits per heavy atom. The molecule has 0 N–H and O–H groups in total. The molecule has 0 atom stereocenters. The van der Waals surface area contributed by atoms with Gasteiger partial charge in [-0.1, -0.05) is 6.07 Å². The Bertz CT molecular complexity index is 504. The average molecular weight is 354 g/mol. The third kappa shape index (κ3) is 9.19. The molecule has 7 nitrogen and oxygen atoms in total. The minimum Gasteiger partial charge on any atom is -0.487 e. The summed E-state index contributed by atoms with van der Waals surface area (Å²) in [6.45, 7) is 7.51. The largest absolute Gasteiger partial charge is 0.487 e. The molecular formula is C18H26O7. The highest BCUT2D eigenvalue weighted by Crippen LogP contribution is 2.28. The molecule has 0 radical (unpaired) electrons. The smallest absolute Gasteiger partial charge is 0.161 e. The van der Waals surface area contributed by atoms with E-state index < -0.39 is 0 Å². The van der Waals surface area contributed by atoms with E-state index in [9.17, 15) is 4.79 Å². The van der Waals surface area contributed by atoms with Gasteiger partial charge in [0.25, 0.3) is 0 Å². The van der Waals surface area contributed by atoms with Gasteiger partial charge in [-0.2, -0.15) is 0 Å². The second kappa shape index (κ2) is 13.3. The molecule has 0 unspecified atom stereocenters. The Labute approximate surface area is 148 Å². The monoisotopic (exact) mass is 354 g/mol. The first-order valence-corrected chi connectivity index (χ1v) is 8.16. The van der Waals surface area contributed by atoms with Crippen molar-refractivity contribution in [3.63, 3.8) is 0 Å². The maximum atomic E-state index is 11.3. The summed E-state index contributed by atoms with van der Waals surface area (Å²) in [7, 11) is 0. The van der Waals surface area contributed by atoms with Gasteiger partial charge < -0.3 is 28.5 Å². The van der Waals surface area contributed by atoms with Crippen LogP contribution in [0.4, 0.5) is 0 Å². The Hall–Kier alpha value is -1.96. The van der Waals surface area contributed by atoms with Crippen LogP contribution in [-0.4, -0.2) is 65.4 Å². The minimum atomic E-state index is 0.111. The lowest BCUT2D eigenvalue weighted by atomic mass is 10.1. The van der Waals surface area contributed by atoms with Crippen molar-refractivity contribution in [1.29, 1.82) is 0 Å². The second-order valence-corrected chi connectivity index (χ2v) is 5.19. The molecule has 1 aromatic carbocycles. The van der Waals surface area contributed by atoms with Crippen molar-refractivity contribution in [2.24, 2.45) is 0 Å². The number of ether oxygens (including phenoxy) is 5. The summed E-state index contributed by atoms with van der Waals surface area (Å²) in [5.41, 5.74) is 0.906. The molecule has 1 aromatic rings. The van der Waals surface area contributed by atoms with E-state index in [1.807, 2.05) is 25.0 Å². The van der Waals surface area contributed by atoms with E-state index in [-0.39, 0.29) is 5.78 Å². The lowest BCUT2D eigenvalue weighted by Crippen LogP contribution is -2.13. The molecule has 140 valence electrons. The summed E-state index contributed by atoms with van der Waals surface area (Å²) in [6, 6.07) is 5.55. The zero-order chi connectivity index (χ0) is 18.3. The maximum Gasteiger partial charge on any atom is 0.161 e. The third-order valence-corrected chi connectivity index (χ3v) is 3.18. The van der Waals surface area contributed by atoms with Crippen molar-refractivity contribution >= 4 is 12.6 Å². The molecule has 1 aliphatic heterocycles. The zero-order valence-corrected chi connectivity index (χ0v) is 14.7. The molecular weight excluding hydrogens is 328 g/mol. The van der Waals surface area contributed by atoms with Gasteiger partial charge in [0.2, 0.25) is 0 Å². The second-order valence-electron chi connectivity index (χ2n) is 5.19. The van der Waals surface area contributed by atoms with E-state index in [0.717, 1.165) is 5.56 Å². The molecule has 0 aromatic heterocycles. The normalized spacial score (nSPS) is 16.5. The number of ketones is 1. The number of carbonyl (C=O) groups excluding carboxylic acids is 2. The van der Waals surface area contributed by atoms with E-state index >= 15 is 0 Å². The van der Waals surface area contributed by atoms with Crippen LogP contribution in [-0.2, 0) is 30.2 Å². The standard InChI is InChI=1S/C17H24O6.CH2O/c1-14(18)12-15-2-3-16-17(13-15)23-11-9-21-7-5-19-4-6-20-8-10-22-16;1-2/h2-3,13H,4-12H2,1H3;1H2. The predicted molar refractivity (Wildman–Crippen MR) is 91.4 cm³/mol. The molecule has 0 spiro atoms. The van der Waals surface area contributed by atoms with Crippen LogP contribution in [0.3, 0.4) is 0 Å². The Morgan fingerprint density at radius 1 is 0.840 bits per heavy atom. The van der Waals surface area contributed by atoms with E-state index in [4.69, 9.17) is 28.5 Å². The van der Waals surface area contributed by atoms with Crippen molar-refractivity contribution in [2.75, 3.05) is 52.9 Å². The van der Waals surface area contributed by atoms with Crippen molar-refractivity contribution < 1.29 is 33.3 Å².